The molecule has 7 nitrogen and oxygen atoms in total. The highest BCUT2D eigenvalue weighted by molar-refractivity contribution is 7.97. The summed E-state index contributed by atoms with van der Waals surface area (Å²) in [6, 6.07) is 18.2. The Balaban J connectivity index is 0.000000317. The van der Waals surface area contributed by atoms with Gasteiger partial charge in [0.25, 0.3) is 0 Å². The predicted octanol–water partition coefficient (Wildman–Crippen LogP) is 5.66. The molecule has 0 radical (unpaired) electrons. The van der Waals surface area contributed by atoms with E-state index < -0.39 is 0 Å². The normalized spacial score (nSPS) is 14.5. The van der Waals surface area contributed by atoms with E-state index in [-0.39, 0.29) is 6.29 Å². The molecule has 0 fully saturated rings. The topological polar surface area (TPSA) is 86.1 Å². The number of ether oxygens (including phenoxy) is 3. The zero-order valence-corrected chi connectivity index (χ0v) is 24.1. The van der Waals surface area contributed by atoms with Gasteiger partial charge in [0.05, 0.1) is 7.11 Å². The maximum Gasteiger partial charge on any atom is 0.207 e. The van der Waals surface area contributed by atoms with E-state index in [4.69, 9.17) is 19.9 Å². The number of nitrogens with one attached hydrogen (secondary N) is 1. The van der Waals surface area contributed by atoms with E-state index in [2.05, 4.69) is 49.4 Å². The van der Waals surface area contributed by atoms with Crippen molar-refractivity contribution in [2.24, 2.45) is 5.92 Å². The van der Waals surface area contributed by atoms with Gasteiger partial charge >= 0.3 is 0 Å². The smallest absolute Gasteiger partial charge is 0.207 e. The predicted molar refractivity (Wildman–Crippen MR) is 154 cm³/mol. The van der Waals surface area contributed by atoms with Crippen molar-refractivity contribution in [1.29, 1.82) is 0 Å². The molecular weight excluding hydrogens is 486 g/mol. The van der Waals surface area contributed by atoms with Crippen LogP contribution in [0.1, 0.15) is 39.2 Å². The summed E-state index contributed by atoms with van der Waals surface area (Å²) in [5.41, 5.74) is 8.92. The first kappa shape index (κ1) is 32.5. The number of hydrogen-bond donors (Lipinski definition) is 2. The Labute approximate surface area is 227 Å². The van der Waals surface area contributed by atoms with Crippen LogP contribution >= 0.6 is 11.9 Å². The third-order valence-electron chi connectivity index (χ3n) is 5.29. The summed E-state index contributed by atoms with van der Waals surface area (Å²) in [6.45, 7) is 11.8. The third-order valence-corrected chi connectivity index (χ3v) is 6.36. The van der Waals surface area contributed by atoms with Crippen LogP contribution in [0, 0.1) is 12.8 Å². The Morgan fingerprint density at radius 3 is 2.32 bits per heavy atom. The summed E-state index contributed by atoms with van der Waals surface area (Å²) < 4.78 is 17.8. The number of hydrogen-bond acceptors (Lipinski definition) is 7. The molecule has 2 aromatic carbocycles. The van der Waals surface area contributed by atoms with Crippen molar-refractivity contribution in [3.8, 4) is 0 Å². The second-order valence-electron chi connectivity index (χ2n) is 8.91. The molecule has 1 aliphatic heterocycles. The Kier molecular flexibility index (Phi) is 17.2. The van der Waals surface area contributed by atoms with Gasteiger partial charge in [0.2, 0.25) is 6.41 Å². The number of amides is 1. The molecule has 37 heavy (non-hydrogen) atoms. The van der Waals surface area contributed by atoms with Crippen molar-refractivity contribution < 1.29 is 19.0 Å². The number of nitrogen functional groups attached to an aromatic ring is 1. The van der Waals surface area contributed by atoms with Crippen LogP contribution in [0.3, 0.4) is 0 Å². The van der Waals surface area contributed by atoms with Crippen LogP contribution in [0.25, 0.3) is 0 Å². The summed E-state index contributed by atoms with van der Waals surface area (Å²) in [4.78, 5) is 11.4. The molecule has 0 saturated heterocycles. The van der Waals surface area contributed by atoms with E-state index in [0.29, 0.717) is 12.5 Å². The average Bonchev–Trinajstić information content (AvgIpc) is 3.31. The summed E-state index contributed by atoms with van der Waals surface area (Å²) in [7, 11) is 3.30. The highest BCUT2D eigenvalue weighted by Gasteiger charge is 2.25. The Morgan fingerprint density at radius 1 is 1.16 bits per heavy atom. The first-order chi connectivity index (χ1) is 17.8. The summed E-state index contributed by atoms with van der Waals surface area (Å²) in [6.07, 6.45) is 2.43. The minimum absolute atomic E-state index is 0.185. The van der Waals surface area contributed by atoms with Gasteiger partial charge < -0.3 is 25.3 Å². The summed E-state index contributed by atoms with van der Waals surface area (Å²) >= 11 is 1.75. The van der Waals surface area contributed by atoms with Crippen molar-refractivity contribution in [3.05, 3.63) is 71.5 Å². The van der Waals surface area contributed by atoms with Crippen molar-refractivity contribution in [2.75, 3.05) is 46.2 Å². The van der Waals surface area contributed by atoms with Gasteiger partial charge in [0.1, 0.15) is 12.4 Å². The maximum atomic E-state index is 10.2. The van der Waals surface area contributed by atoms with Gasteiger partial charge in [-0.15, -0.1) is 0 Å². The number of nitrogens with zero attached hydrogens (tertiary/aromatic N) is 1. The number of rotatable bonds is 12. The molecule has 206 valence electrons. The summed E-state index contributed by atoms with van der Waals surface area (Å²) in [5, 5.41) is 2.70. The SMILES string of the molecule is CC(C)CN(CCCNC=O)Sc1ccc(N)cc1.CCC1=C(OC)COC1OC.Cc1ccccc1. The number of anilines is 1. The standard InChI is InChI=1S/C14H23N3OS.C8H14O3.C7H8/c1-12(2)10-17(9-3-8-16-11-18)19-14-6-4-13(15)5-7-14;1-4-6-7(9-2)5-11-8(6)10-3;1-7-5-3-2-4-6-7/h4-7,11-12H,3,8-10,15H2,1-2H3,(H,16,18);8H,4-5H2,1-3H3;2-6H,1H3. The molecule has 1 aliphatic rings. The molecule has 8 heteroatoms. The molecule has 1 amide bonds. The monoisotopic (exact) mass is 531 g/mol. The average molecular weight is 532 g/mol. The molecule has 0 saturated carbocycles. The van der Waals surface area contributed by atoms with Crippen molar-refractivity contribution in [1.82, 2.24) is 9.62 Å². The lowest BCUT2D eigenvalue weighted by Crippen LogP contribution is -2.25. The van der Waals surface area contributed by atoms with Crippen molar-refractivity contribution in [3.63, 3.8) is 0 Å². The molecular formula is C29H45N3O4S. The van der Waals surface area contributed by atoms with E-state index in [9.17, 15) is 4.79 Å². The molecule has 0 bridgehead atoms. The number of aryl methyl sites for hydroxylation is 1. The number of carbonyl (C=O) groups excluding carboxylic acids is 1. The second kappa shape index (κ2) is 19.6. The van der Waals surface area contributed by atoms with Gasteiger partial charge in [-0.3, -0.25) is 4.79 Å². The van der Waals surface area contributed by atoms with E-state index >= 15 is 0 Å². The van der Waals surface area contributed by atoms with E-state index in [1.807, 2.05) is 42.5 Å². The van der Waals surface area contributed by atoms with Gasteiger partial charge in [-0.1, -0.05) is 56.7 Å². The number of carbonyl (C=O) groups is 1. The molecule has 1 atom stereocenters. The second-order valence-corrected chi connectivity index (χ2v) is 10.1. The lowest BCUT2D eigenvalue weighted by molar-refractivity contribution is -0.109. The van der Waals surface area contributed by atoms with Crippen LogP contribution in [0.4, 0.5) is 5.69 Å². The van der Waals surface area contributed by atoms with Gasteiger partial charge in [-0.05, 0) is 61.9 Å². The van der Waals surface area contributed by atoms with Crippen LogP contribution in [-0.4, -0.2) is 57.5 Å². The fourth-order valence-corrected chi connectivity index (χ4v) is 4.60. The molecule has 2 aromatic rings. The van der Waals surface area contributed by atoms with Crippen LogP contribution in [0.5, 0.6) is 0 Å². The van der Waals surface area contributed by atoms with E-state index in [1.54, 1.807) is 26.2 Å². The largest absolute Gasteiger partial charge is 0.498 e. The van der Waals surface area contributed by atoms with Crippen molar-refractivity contribution >= 4 is 24.0 Å². The number of benzene rings is 2. The molecule has 0 spiro atoms. The van der Waals surface area contributed by atoms with Gasteiger partial charge in [-0.2, -0.15) is 0 Å². The molecule has 0 aromatic heterocycles. The number of methoxy groups -OCH3 is 2. The van der Waals surface area contributed by atoms with Crippen molar-refractivity contribution in [2.45, 2.75) is 51.7 Å². The van der Waals surface area contributed by atoms with Crippen LogP contribution in [0.15, 0.2) is 70.8 Å². The molecule has 3 N–H and O–H groups in total. The first-order valence-electron chi connectivity index (χ1n) is 12.7. The highest BCUT2D eigenvalue weighted by Crippen LogP contribution is 2.25. The van der Waals surface area contributed by atoms with Crippen LogP contribution in [0.2, 0.25) is 0 Å². The quantitative estimate of drug-likeness (QED) is 0.158. The third kappa shape index (κ3) is 14.1. The molecule has 0 aliphatic carbocycles. The zero-order valence-electron chi connectivity index (χ0n) is 23.2. The van der Waals surface area contributed by atoms with Gasteiger partial charge in [0.15, 0.2) is 6.29 Å². The van der Waals surface area contributed by atoms with Gasteiger partial charge in [-0.25, -0.2) is 4.31 Å². The van der Waals surface area contributed by atoms with Gasteiger partial charge in [0, 0.05) is 42.9 Å². The Hall–Kier alpha value is -2.52. The zero-order chi connectivity index (χ0) is 27.5. The lowest BCUT2D eigenvalue weighted by atomic mass is 10.2. The number of nitrogens with two attached hydrogens (primary N) is 1. The Bertz CT molecular complexity index is 892. The van der Waals surface area contributed by atoms with E-state index in [1.165, 1.54) is 10.5 Å². The van der Waals surface area contributed by atoms with E-state index in [0.717, 1.165) is 55.9 Å². The lowest BCUT2D eigenvalue weighted by Gasteiger charge is -2.23. The van der Waals surface area contributed by atoms with Crippen LogP contribution in [-0.2, 0) is 19.0 Å². The molecule has 1 unspecified atom stereocenters. The molecule has 1 heterocycles. The fourth-order valence-electron chi connectivity index (χ4n) is 3.45. The van der Waals surface area contributed by atoms with Crippen LogP contribution < -0.4 is 11.1 Å². The minimum atomic E-state index is -0.185. The summed E-state index contributed by atoms with van der Waals surface area (Å²) in [5.74, 6) is 1.53. The highest BCUT2D eigenvalue weighted by atomic mass is 32.2. The maximum absolute atomic E-state index is 10.2. The first-order valence-corrected chi connectivity index (χ1v) is 13.5. The Morgan fingerprint density at radius 2 is 1.84 bits per heavy atom. The molecule has 3 rings (SSSR count). The fraction of sp³-hybridized carbons (Fsp3) is 0.483. The minimum Gasteiger partial charge on any atom is -0.498 e.